The van der Waals surface area contributed by atoms with E-state index in [0.29, 0.717) is 56.7 Å². The number of carbonyl (C=O) groups excluding carboxylic acids is 4. The molecule has 2 aliphatic heterocycles. The van der Waals surface area contributed by atoms with E-state index in [-0.39, 0.29) is 42.6 Å². The van der Waals surface area contributed by atoms with Crippen LogP contribution in [0.2, 0.25) is 0 Å². The summed E-state index contributed by atoms with van der Waals surface area (Å²) in [4.78, 5) is 64.7. The van der Waals surface area contributed by atoms with Gasteiger partial charge in [0.15, 0.2) is 0 Å². The highest BCUT2D eigenvalue weighted by Crippen LogP contribution is 2.28. The number of aryl methyl sites for hydroxylation is 1. The van der Waals surface area contributed by atoms with E-state index in [1.165, 1.54) is 0 Å². The maximum atomic E-state index is 14.2. The third-order valence-corrected chi connectivity index (χ3v) is 9.15. The van der Waals surface area contributed by atoms with E-state index in [1.54, 1.807) is 34.3 Å². The zero-order valence-electron chi connectivity index (χ0n) is 26.2. The van der Waals surface area contributed by atoms with Crippen molar-refractivity contribution < 1.29 is 19.2 Å². The van der Waals surface area contributed by atoms with Crippen LogP contribution in [-0.2, 0) is 23.1 Å². The van der Waals surface area contributed by atoms with Gasteiger partial charge < -0.3 is 24.6 Å². The van der Waals surface area contributed by atoms with Gasteiger partial charge in [0.1, 0.15) is 11.7 Å². The fourth-order valence-corrected chi connectivity index (χ4v) is 6.69. The van der Waals surface area contributed by atoms with Gasteiger partial charge in [-0.1, -0.05) is 42.5 Å². The van der Waals surface area contributed by atoms with Crippen molar-refractivity contribution in [2.24, 2.45) is 7.05 Å². The summed E-state index contributed by atoms with van der Waals surface area (Å²) in [5.74, 6) is -0.588. The Labute approximate surface area is 269 Å². The van der Waals surface area contributed by atoms with Crippen LogP contribution in [0.1, 0.15) is 52.1 Å². The summed E-state index contributed by atoms with van der Waals surface area (Å²) in [6.07, 6.45) is 5.98. The lowest BCUT2D eigenvalue weighted by molar-refractivity contribution is -0.130. The number of nitrogens with zero attached hydrogens (tertiary/aromatic N) is 5. The van der Waals surface area contributed by atoms with E-state index in [1.807, 2.05) is 77.2 Å². The fourth-order valence-electron chi connectivity index (χ4n) is 6.69. The number of rotatable bonds is 4. The van der Waals surface area contributed by atoms with Crippen LogP contribution in [0.15, 0.2) is 85.2 Å². The molecule has 10 nitrogen and oxygen atoms in total. The molecule has 6 rings (SSSR count). The number of amides is 4. The van der Waals surface area contributed by atoms with E-state index >= 15 is 0 Å². The van der Waals surface area contributed by atoms with Crippen molar-refractivity contribution in [3.8, 4) is 0 Å². The van der Waals surface area contributed by atoms with Gasteiger partial charge >= 0.3 is 0 Å². The fraction of sp³-hybridized carbons (Fsp3) is 0.361. The molecule has 0 saturated carbocycles. The second kappa shape index (κ2) is 14.0. The number of likely N-dealkylation sites (tertiary alicyclic amines) is 1. The van der Waals surface area contributed by atoms with Crippen LogP contribution < -0.4 is 5.32 Å². The molecule has 4 amide bonds. The molecule has 2 fully saturated rings. The SMILES string of the molecule is Cn1c(C(=O)N2C[C@@H]3C[C@H]2C(=O)NCCCCN(C(=O)Cc2cccnc2)CCCN3C(=O)c2ccccc2)cc2ccccc21. The molecule has 0 spiro atoms. The second-order valence-electron chi connectivity index (χ2n) is 12.1. The number of carbonyl (C=O) groups is 4. The summed E-state index contributed by atoms with van der Waals surface area (Å²) in [5.41, 5.74) is 2.84. The summed E-state index contributed by atoms with van der Waals surface area (Å²) >= 11 is 0. The quantitative estimate of drug-likeness (QED) is 0.375. The lowest BCUT2D eigenvalue weighted by Gasteiger charge is -2.31. The van der Waals surface area contributed by atoms with Crippen molar-refractivity contribution in [1.82, 2.24) is 29.6 Å². The zero-order chi connectivity index (χ0) is 32.0. The zero-order valence-corrected chi connectivity index (χ0v) is 26.2. The third kappa shape index (κ3) is 6.66. The Kier molecular flexibility index (Phi) is 9.42. The third-order valence-electron chi connectivity index (χ3n) is 9.15. The summed E-state index contributed by atoms with van der Waals surface area (Å²) in [6, 6.07) is 21.4. The maximum Gasteiger partial charge on any atom is 0.271 e. The number of para-hydroxylation sites is 1. The molecule has 2 aromatic heterocycles. The Morgan fingerprint density at radius 1 is 0.870 bits per heavy atom. The predicted octanol–water partition coefficient (Wildman–Crippen LogP) is 3.67. The standard InChI is InChI=1S/C36H40N6O4/c1-39-30-15-6-5-14-28(30)22-32(39)36(46)42-25-29-23-31(42)34(44)38-17-7-8-18-40(33(43)21-26-11-9-16-37-24-26)19-10-20-41(29)35(45)27-12-3-2-4-13-27/h2-6,9,11-16,22,24,29,31H,7-8,10,17-21,23,25H2,1H3,(H,38,44)/t29-,31-/m0/s1. The number of fused-ring (bicyclic) bond motifs is 3. The van der Waals surface area contributed by atoms with Crippen molar-refractivity contribution in [3.63, 3.8) is 0 Å². The number of hydrogen-bond acceptors (Lipinski definition) is 5. The van der Waals surface area contributed by atoms with E-state index < -0.39 is 6.04 Å². The van der Waals surface area contributed by atoms with E-state index in [0.717, 1.165) is 22.9 Å². The second-order valence-corrected chi connectivity index (χ2v) is 12.1. The molecular weight excluding hydrogens is 580 g/mol. The van der Waals surface area contributed by atoms with Crippen molar-refractivity contribution in [3.05, 3.63) is 102 Å². The highest BCUT2D eigenvalue weighted by Gasteiger charge is 2.44. The Morgan fingerprint density at radius 2 is 1.65 bits per heavy atom. The summed E-state index contributed by atoms with van der Waals surface area (Å²) in [6.45, 7) is 2.12. The Hall–Kier alpha value is -4.99. The Morgan fingerprint density at radius 3 is 2.43 bits per heavy atom. The van der Waals surface area contributed by atoms with Gasteiger partial charge in [-0.2, -0.15) is 0 Å². The summed E-state index contributed by atoms with van der Waals surface area (Å²) in [7, 11) is 1.86. The van der Waals surface area contributed by atoms with E-state index in [4.69, 9.17) is 0 Å². The topological polar surface area (TPSA) is 108 Å². The average molecular weight is 621 g/mol. The molecule has 1 N–H and O–H groups in total. The minimum atomic E-state index is -0.706. The van der Waals surface area contributed by atoms with Gasteiger partial charge in [0.05, 0.1) is 12.5 Å². The van der Waals surface area contributed by atoms with Gasteiger partial charge in [-0.25, -0.2) is 0 Å². The first-order valence-electron chi connectivity index (χ1n) is 16.1. The number of aromatic nitrogens is 2. The Bertz CT molecular complexity index is 1710. The normalized spacial score (nSPS) is 19.5. The van der Waals surface area contributed by atoms with Crippen LogP contribution in [-0.4, -0.2) is 92.7 Å². The first-order chi connectivity index (χ1) is 22.4. The van der Waals surface area contributed by atoms with Crippen LogP contribution >= 0.6 is 0 Å². The molecule has 46 heavy (non-hydrogen) atoms. The van der Waals surface area contributed by atoms with Gasteiger partial charge in [0.2, 0.25) is 11.8 Å². The van der Waals surface area contributed by atoms with Crippen LogP contribution in [0.25, 0.3) is 10.9 Å². The van der Waals surface area contributed by atoms with Gasteiger partial charge in [0.25, 0.3) is 11.8 Å². The largest absolute Gasteiger partial charge is 0.354 e. The Balaban J connectivity index is 1.28. The van der Waals surface area contributed by atoms with Gasteiger partial charge in [-0.05, 0) is 61.6 Å². The smallest absolute Gasteiger partial charge is 0.271 e. The maximum absolute atomic E-state index is 14.2. The first kappa shape index (κ1) is 31.0. The van der Waals surface area contributed by atoms with E-state index in [9.17, 15) is 19.2 Å². The minimum absolute atomic E-state index is 0.0118. The van der Waals surface area contributed by atoms with Crippen LogP contribution in [0.3, 0.4) is 0 Å². The highest BCUT2D eigenvalue weighted by atomic mass is 16.2. The number of hydrogen-bond donors (Lipinski definition) is 1. The van der Waals surface area contributed by atoms with Crippen molar-refractivity contribution in [1.29, 1.82) is 0 Å². The average Bonchev–Trinajstić information content (AvgIpc) is 3.67. The summed E-state index contributed by atoms with van der Waals surface area (Å²) < 4.78 is 1.87. The molecule has 238 valence electrons. The van der Waals surface area contributed by atoms with Crippen LogP contribution in [0.5, 0.6) is 0 Å². The lowest BCUT2D eigenvalue weighted by atomic mass is 10.1. The molecule has 2 saturated heterocycles. The van der Waals surface area contributed by atoms with E-state index in [2.05, 4.69) is 10.3 Å². The van der Waals surface area contributed by atoms with Gasteiger partial charge in [0, 0.05) is 68.6 Å². The van der Waals surface area contributed by atoms with Crippen molar-refractivity contribution in [2.45, 2.75) is 44.2 Å². The van der Waals surface area contributed by atoms with Crippen molar-refractivity contribution >= 4 is 34.5 Å². The number of pyridine rings is 1. The molecule has 0 aliphatic carbocycles. The molecule has 0 radical (unpaired) electrons. The number of nitrogens with one attached hydrogen (secondary N) is 1. The van der Waals surface area contributed by atoms with Crippen LogP contribution in [0.4, 0.5) is 0 Å². The lowest BCUT2D eigenvalue weighted by Crippen LogP contribution is -2.46. The number of benzene rings is 2. The molecular formula is C36H40N6O4. The predicted molar refractivity (Wildman–Crippen MR) is 175 cm³/mol. The monoisotopic (exact) mass is 620 g/mol. The minimum Gasteiger partial charge on any atom is -0.354 e. The van der Waals surface area contributed by atoms with Gasteiger partial charge in [-0.3, -0.25) is 24.2 Å². The summed E-state index contributed by atoms with van der Waals surface area (Å²) in [5, 5.41) is 4.00. The first-order valence-corrected chi connectivity index (χ1v) is 16.1. The molecule has 0 unspecified atom stereocenters. The molecule has 4 aromatic rings. The highest BCUT2D eigenvalue weighted by molar-refractivity contribution is 6.01. The molecule has 4 heterocycles. The van der Waals surface area contributed by atoms with Gasteiger partial charge in [-0.15, -0.1) is 0 Å². The molecule has 2 aliphatic rings. The molecule has 2 bridgehead atoms. The van der Waals surface area contributed by atoms with Crippen molar-refractivity contribution in [2.75, 3.05) is 32.7 Å². The molecule has 2 atom stereocenters. The van der Waals surface area contributed by atoms with Crippen LogP contribution in [0, 0.1) is 0 Å². The molecule has 2 aromatic carbocycles. The molecule has 10 heteroatoms.